The molecule has 2 N–H and O–H groups in total. The molecule has 1 heterocycles. The zero-order valence-corrected chi connectivity index (χ0v) is 12.3. The highest BCUT2D eigenvalue weighted by Crippen LogP contribution is 2.16. The normalized spacial score (nSPS) is 18.3. The van der Waals surface area contributed by atoms with Gasteiger partial charge in [0, 0.05) is 6.04 Å². The fourth-order valence-corrected chi connectivity index (χ4v) is 1.94. The number of ether oxygens (including phenoxy) is 1. The zero-order valence-electron chi connectivity index (χ0n) is 12.3. The van der Waals surface area contributed by atoms with E-state index < -0.39 is 0 Å². The third-order valence-corrected chi connectivity index (χ3v) is 3.13. The lowest BCUT2D eigenvalue weighted by Crippen LogP contribution is -2.21. The van der Waals surface area contributed by atoms with Gasteiger partial charge in [0.05, 0.1) is 6.04 Å². The Morgan fingerprint density at radius 1 is 1.50 bits per heavy atom. The van der Waals surface area contributed by atoms with E-state index in [1.807, 2.05) is 43.5 Å². The molecule has 4 heteroatoms. The van der Waals surface area contributed by atoms with Crippen LogP contribution in [0.4, 0.5) is 4.79 Å². The number of carbonyl (C=O) groups excluding carboxylic acids is 1. The monoisotopic (exact) mass is 276 g/mol. The van der Waals surface area contributed by atoms with Crippen LogP contribution in [0, 0.1) is 0 Å². The molecular weight excluding hydrogens is 252 g/mol. The van der Waals surface area contributed by atoms with Crippen molar-refractivity contribution in [3.63, 3.8) is 0 Å². The van der Waals surface area contributed by atoms with E-state index in [0.717, 1.165) is 5.56 Å². The Morgan fingerprint density at radius 2 is 2.20 bits per heavy atom. The van der Waals surface area contributed by atoms with E-state index in [9.17, 15) is 4.79 Å². The molecule has 1 saturated heterocycles. The van der Waals surface area contributed by atoms with Crippen molar-refractivity contribution in [1.82, 2.24) is 10.6 Å². The molecule has 1 amide bonds. The molecule has 0 aliphatic carbocycles. The van der Waals surface area contributed by atoms with Gasteiger partial charge in [-0.05, 0) is 19.0 Å². The minimum Gasteiger partial charge on any atom is -0.447 e. The third kappa shape index (κ3) is 5.45. The lowest BCUT2D eigenvalue weighted by molar-refractivity contribution is 0.177. The molecule has 0 unspecified atom stereocenters. The van der Waals surface area contributed by atoms with Crippen molar-refractivity contribution in [1.29, 1.82) is 0 Å². The fourth-order valence-electron chi connectivity index (χ4n) is 1.94. The summed E-state index contributed by atoms with van der Waals surface area (Å²) >= 11 is 0. The van der Waals surface area contributed by atoms with Crippen LogP contribution in [0.15, 0.2) is 43.0 Å². The fraction of sp³-hybridized carbons (Fsp3) is 0.438. The first-order valence-electron chi connectivity index (χ1n) is 6.99. The molecule has 110 valence electrons. The molecule has 20 heavy (non-hydrogen) atoms. The maximum Gasteiger partial charge on any atom is 0.407 e. The summed E-state index contributed by atoms with van der Waals surface area (Å²) in [4.78, 5) is 10.7. The van der Waals surface area contributed by atoms with E-state index in [4.69, 9.17) is 4.74 Å². The van der Waals surface area contributed by atoms with Gasteiger partial charge in [-0.2, -0.15) is 0 Å². The van der Waals surface area contributed by atoms with Gasteiger partial charge in [0.25, 0.3) is 0 Å². The van der Waals surface area contributed by atoms with Gasteiger partial charge in [0.15, 0.2) is 0 Å². The standard InChI is InChI=1S/C9H9NO2.C7H15N/c11-9-10-8(6-12-9)7-4-2-1-3-5-7;1-4-6-7(5-2)8-3/h1-5,8H,6H2,(H,10,11);5,7-8H,2,4,6H2,1,3H3/t8-;7-/m11/s1. The second-order valence-electron chi connectivity index (χ2n) is 4.63. The van der Waals surface area contributed by atoms with E-state index >= 15 is 0 Å². The Morgan fingerprint density at radius 3 is 2.60 bits per heavy atom. The number of alkyl carbamates (subject to hydrolysis) is 1. The molecule has 2 rings (SSSR count). The summed E-state index contributed by atoms with van der Waals surface area (Å²) in [5.41, 5.74) is 1.09. The van der Waals surface area contributed by atoms with Crippen molar-refractivity contribution in [3.8, 4) is 0 Å². The summed E-state index contributed by atoms with van der Waals surface area (Å²) in [5.74, 6) is 0. The Labute approximate surface area is 121 Å². The molecule has 4 nitrogen and oxygen atoms in total. The van der Waals surface area contributed by atoms with Crippen LogP contribution in [0.2, 0.25) is 0 Å². The van der Waals surface area contributed by atoms with Crippen molar-refractivity contribution >= 4 is 6.09 Å². The Hall–Kier alpha value is -1.81. The summed E-state index contributed by atoms with van der Waals surface area (Å²) in [5, 5.41) is 5.84. The molecule has 1 aliphatic heterocycles. The molecule has 1 aromatic rings. The lowest BCUT2D eigenvalue weighted by Gasteiger charge is -2.07. The third-order valence-electron chi connectivity index (χ3n) is 3.13. The zero-order chi connectivity index (χ0) is 14.8. The predicted molar refractivity (Wildman–Crippen MR) is 81.6 cm³/mol. The SMILES string of the molecule is C=C[C@H](CCC)NC.O=C1N[C@@H](c2ccccc2)CO1. The first-order chi connectivity index (χ1) is 9.71. The van der Waals surface area contributed by atoms with Gasteiger partial charge in [0.2, 0.25) is 0 Å². The molecule has 2 atom stereocenters. The van der Waals surface area contributed by atoms with Crippen LogP contribution >= 0.6 is 0 Å². The molecular formula is C16H24N2O2. The maximum absolute atomic E-state index is 10.7. The maximum atomic E-state index is 10.7. The number of amides is 1. The largest absolute Gasteiger partial charge is 0.447 e. The Bertz CT molecular complexity index is 406. The quantitative estimate of drug-likeness (QED) is 0.813. The van der Waals surface area contributed by atoms with Crippen LogP contribution in [0.1, 0.15) is 31.4 Å². The first-order valence-corrected chi connectivity index (χ1v) is 6.99. The summed E-state index contributed by atoms with van der Waals surface area (Å²) < 4.78 is 4.77. The Balaban J connectivity index is 0.000000221. The van der Waals surface area contributed by atoms with Crippen LogP contribution in [0.25, 0.3) is 0 Å². The molecule has 0 saturated carbocycles. The van der Waals surface area contributed by atoms with Gasteiger partial charge < -0.3 is 15.4 Å². The van der Waals surface area contributed by atoms with Crippen molar-refractivity contribution in [2.45, 2.75) is 31.8 Å². The number of carbonyl (C=O) groups is 1. The van der Waals surface area contributed by atoms with Gasteiger partial charge in [-0.1, -0.05) is 49.8 Å². The highest BCUT2D eigenvalue weighted by Gasteiger charge is 2.22. The second kappa shape index (κ2) is 9.15. The van der Waals surface area contributed by atoms with Crippen molar-refractivity contribution < 1.29 is 9.53 Å². The van der Waals surface area contributed by atoms with Crippen molar-refractivity contribution in [2.75, 3.05) is 13.7 Å². The predicted octanol–water partition coefficient (Wildman–Crippen LogP) is 3.03. The van der Waals surface area contributed by atoms with Gasteiger partial charge in [0.1, 0.15) is 6.61 Å². The molecule has 0 bridgehead atoms. The smallest absolute Gasteiger partial charge is 0.407 e. The molecule has 1 aromatic carbocycles. The lowest BCUT2D eigenvalue weighted by atomic mass is 10.1. The number of benzene rings is 1. The number of likely N-dealkylation sites (N-methyl/N-ethyl adjacent to an activating group) is 1. The molecule has 0 spiro atoms. The van der Waals surface area contributed by atoms with Crippen LogP contribution in [-0.2, 0) is 4.74 Å². The number of hydrogen-bond acceptors (Lipinski definition) is 3. The van der Waals surface area contributed by atoms with E-state index in [1.165, 1.54) is 12.8 Å². The highest BCUT2D eigenvalue weighted by atomic mass is 16.6. The van der Waals surface area contributed by atoms with E-state index in [1.54, 1.807) is 0 Å². The van der Waals surface area contributed by atoms with Gasteiger partial charge in [-0.3, -0.25) is 0 Å². The number of rotatable bonds is 5. The van der Waals surface area contributed by atoms with Gasteiger partial charge in [-0.25, -0.2) is 4.79 Å². The molecule has 1 aliphatic rings. The van der Waals surface area contributed by atoms with E-state index in [2.05, 4.69) is 24.1 Å². The van der Waals surface area contributed by atoms with Crippen molar-refractivity contribution in [2.24, 2.45) is 0 Å². The second-order valence-corrected chi connectivity index (χ2v) is 4.63. The Kier molecular flexibility index (Phi) is 7.43. The molecule has 1 fully saturated rings. The van der Waals surface area contributed by atoms with Crippen molar-refractivity contribution in [3.05, 3.63) is 48.6 Å². The van der Waals surface area contributed by atoms with Crippen LogP contribution in [-0.4, -0.2) is 25.8 Å². The van der Waals surface area contributed by atoms with Crippen LogP contribution in [0.5, 0.6) is 0 Å². The average molecular weight is 276 g/mol. The van der Waals surface area contributed by atoms with E-state index in [0.29, 0.717) is 12.6 Å². The highest BCUT2D eigenvalue weighted by molar-refractivity contribution is 5.70. The van der Waals surface area contributed by atoms with Gasteiger partial charge >= 0.3 is 6.09 Å². The summed E-state index contributed by atoms with van der Waals surface area (Å²) in [6.45, 7) is 6.30. The van der Waals surface area contributed by atoms with E-state index in [-0.39, 0.29) is 12.1 Å². The number of nitrogens with one attached hydrogen (secondary N) is 2. The minimum absolute atomic E-state index is 0.0266. The molecule has 0 aromatic heterocycles. The number of hydrogen-bond donors (Lipinski definition) is 2. The summed E-state index contributed by atoms with van der Waals surface area (Å²) in [6.07, 6.45) is 4.03. The minimum atomic E-state index is -0.330. The number of cyclic esters (lactones) is 1. The average Bonchev–Trinajstić information content (AvgIpc) is 2.93. The topological polar surface area (TPSA) is 50.4 Å². The molecule has 0 radical (unpaired) electrons. The summed E-state index contributed by atoms with van der Waals surface area (Å²) in [7, 11) is 1.96. The van der Waals surface area contributed by atoms with Crippen LogP contribution < -0.4 is 10.6 Å². The summed E-state index contributed by atoms with van der Waals surface area (Å²) in [6, 6.07) is 10.3. The van der Waals surface area contributed by atoms with Crippen LogP contribution in [0.3, 0.4) is 0 Å². The first kappa shape index (κ1) is 16.2. The van der Waals surface area contributed by atoms with Gasteiger partial charge in [-0.15, -0.1) is 6.58 Å².